The molecule has 0 saturated heterocycles. The predicted molar refractivity (Wildman–Crippen MR) is 113 cm³/mol. The largest absolute Gasteiger partial charge is 0.493 e. The van der Waals surface area contributed by atoms with Crippen LogP contribution in [0.1, 0.15) is 28.3 Å². The van der Waals surface area contributed by atoms with Gasteiger partial charge in [-0.15, -0.1) is 10.2 Å². The monoisotopic (exact) mass is 417 g/mol. The molecule has 3 aromatic heterocycles. The SMILES string of the molecule is Cc1cc(C)c(-c2cc3c(n4cnnc24)NCc2c(F)ccc4c2[C@H](CO4)CO3)cn1. The van der Waals surface area contributed by atoms with Gasteiger partial charge in [-0.25, -0.2) is 4.39 Å². The number of nitrogens with one attached hydrogen (secondary N) is 1. The van der Waals surface area contributed by atoms with Gasteiger partial charge in [-0.1, -0.05) is 0 Å². The Balaban J connectivity index is 1.53. The van der Waals surface area contributed by atoms with E-state index in [1.54, 1.807) is 12.4 Å². The van der Waals surface area contributed by atoms with Crippen LogP contribution in [0.25, 0.3) is 16.8 Å². The smallest absolute Gasteiger partial charge is 0.170 e. The van der Waals surface area contributed by atoms with E-state index in [1.165, 1.54) is 6.07 Å². The lowest BCUT2D eigenvalue weighted by molar-refractivity contribution is 0.249. The van der Waals surface area contributed by atoms with Gasteiger partial charge in [0, 0.05) is 40.7 Å². The average molecular weight is 417 g/mol. The molecule has 4 aromatic rings. The third-order valence-corrected chi connectivity index (χ3v) is 6.06. The summed E-state index contributed by atoms with van der Waals surface area (Å²) in [5, 5.41) is 11.8. The number of aryl methyl sites for hydroxylation is 2. The topological polar surface area (TPSA) is 73.6 Å². The van der Waals surface area contributed by atoms with Gasteiger partial charge in [0.15, 0.2) is 17.2 Å². The van der Waals surface area contributed by atoms with Crippen LogP contribution in [-0.4, -0.2) is 32.8 Å². The maximum atomic E-state index is 14.7. The van der Waals surface area contributed by atoms with Crippen molar-refractivity contribution in [3.8, 4) is 22.6 Å². The summed E-state index contributed by atoms with van der Waals surface area (Å²) in [4.78, 5) is 4.47. The number of hydrogen-bond acceptors (Lipinski definition) is 6. The Labute approximate surface area is 177 Å². The zero-order valence-corrected chi connectivity index (χ0v) is 17.1. The van der Waals surface area contributed by atoms with Gasteiger partial charge < -0.3 is 14.8 Å². The zero-order chi connectivity index (χ0) is 21.1. The number of halogens is 1. The lowest BCUT2D eigenvalue weighted by Gasteiger charge is -2.17. The highest BCUT2D eigenvalue weighted by molar-refractivity contribution is 5.83. The summed E-state index contributed by atoms with van der Waals surface area (Å²) in [6, 6.07) is 7.17. The number of aromatic nitrogens is 4. The minimum Gasteiger partial charge on any atom is -0.493 e. The molecule has 0 fully saturated rings. The highest BCUT2D eigenvalue weighted by atomic mass is 19.1. The average Bonchev–Trinajstić information content (AvgIpc) is 3.40. The van der Waals surface area contributed by atoms with Crippen molar-refractivity contribution in [1.29, 1.82) is 0 Å². The minimum absolute atomic E-state index is 0.0312. The third kappa shape index (κ3) is 2.74. The van der Waals surface area contributed by atoms with Crippen molar-refractivity contribution in [2.24, 2.45) is 0 Å². The van der Waals surface area contributed by atoms with E-state index in [0.717, 1.165) is 33.7 Å². The molecule has 31 heavy (non-hydrogen) atoms. The molecule has 0 spiro atoms. The van der Waals surface area contributed by atoms with Crippen LogP contribution < -0.4 is 14.8 Å². The number of benzene rings is 1. The fraction of sp³-hybridized carbons (Fsp3) is 0.261. The lowest BCUT2D eigenvalue weighted by Crippen LogP contribution is -2.13. The molecule has 1 N–H and O–H groups in total. The fourth-order valence-electron chi connectivity index (χ4n) is 4.56. The van der Waals surface area contributed by atoms with E-state index in [0.29, 0.717) is 42.5 Å². The highest BCUT2D eigenvalue weighted by Crippen LogP contribution is 2.42. The second-order valence-electron chi connectivity index (χ2n) is 8.05. The molecule has 0 amide bonds. The Morgan fingerprint density at radius 2 is 1.94 bits per heavy atom. The van der Waals surface area contributed by atoms with Crippen LogP contribution in [-0.2, 0) is 6.54 Å². The molecule has 156 valence electrons. The van der Waals surface area contributed by atoms with E-state index < -0.39 is 0 Å². The zero-order valence-electron chi connectivity index (χ0n) is 17.1. The number of fused-ring (bicyclic) bond motifs is 3. The highest BCUT2D eigenvalue weighted by Gasteiger charge is 2.31. The quantitative estimate of drug-likeness (QED) is 0.504. The molecule has 1 atom stereocenters. The first-order valence-corrected chi connectivity index (χ1v) is 10.2. The number of rotatable bonds is 1. The molecule has 0 aliphatic carbocycles. The van der Waals surface area contributed by atoms with Crippen LogP contribution in [0.4, 0.5) is 10.2 Å². The Morgan fingerprint density at radius 3 is 2.77 bits per heavy atom. The van der Waals surface area contributed by atoms with Crippen LogP contribution in [0, 0.1) is 19.7 Å². The van der Waals surface area contributed by atoms with Gasteiger partial charge in [0.1, 0.15) is 17.9 Å². The van der Waals surface area contributed by atoms with Gasteiger partial charge in [-0.2, -0.15) is 0 Å². The molecule has 5 heterocycles. The molecule has 0 bridgehead atoms. The molecular weight excluding hydrogens is 397 g/mol. The molecule has 7 nitrogen and oxygen atoms in total. The van der Waals surface area contributed by atoms with E-state index in [2.05, 4.69) is 27.4 Å². The van der Waals surface area contributed by atoms with Gasteiger partial charge in [0.05, 0.1) is 19.1 Å². The summed E-state index contributed by atoms with van der Waals surface area (Å²) in [6.45, 7) is 5.19. The van der Waals surface area contributed by atoms with Crippen LogP contribution >= 0.6 is 0 Å². The first-order valence-electron chi connectivity index (χ1n) is 10.2. The lowest BCUT2D eigenvalue weighted by atomic mass is 9.96. The molecule has 0 radical (unpaired) electrons. The molecule has 0 saturated carbocycles. The summed E-state index contributed by atoms with van der Waals surface area (Å²) in [5.41, 5.74) is 6.08. The Kier molecular flexibility index (Phi) is 3.89. The third-order valence-electron chi connectivity index (χ3n) is 6.06. The van der Waals surface area contributed by atoms with Crippen LogP contribution in [0.5, 0.6) is 11.5 Å². The van der Waals surface area contributed by atoms with Crippen molar-refractivity contribution in [2.75, 3.05) is 18.5 Å². The summed E-state index contributed by atoms with van der Waals surface area (Å²) >= 11 is 0. The van der Waals surface area contributed by atoms with E-state index in [-0.39, 0.29) is 11.7 Å². The molecule has 2 aliphatic rings. The molecule has 2 aliphatic heterocycles. The number of nitrogens with zero attached hydrogens (tertiary/aromatic N) is 4. The van der Waals surface area contributed by atoms with Gasteiger partial charge in [-0.3, -0.25) is 9.38 Å². The van der Waals surface area contributed by atoms with E-state index in [1.807, 2.05) is 29.7 Å². The fourth-order valence-corrected chi connectivity index (χ4v) is 4.56. The molecular formula is C23H20FN5O2. The second-order valence-corrected chi connectivity index (χ2v) is 8.05. The normalized spacial score (nSPS) is 16.9. The maximum absolute atomic E-state index is 14.7. The van der Waals surface area contributed by atoms with Crippen LogP contribution in [0.15, 0.2) is 36.8 Å². The minimum atomic E-state index is -0.247. The number of pyridine rings is 2. The van der Waals surface area contributed by atoms with Gasteiger partial charge >= 0.3 is 0 Å². The van der Waals surface area contributed by atoms with Gasteiger partial charge in [-0.05, 0) is 43.7 Å². The summed E-state index contributed by atoms with van der Waals surface area (Å²) < 4.78 is 28.6. The van der Waals surface area contributed by atoms with Crippen molar-refractivity contribution >= 4 is 11.5 Å². The van der Waals surface area contributed by atoms with E-state index in [4.69, 9.17) is 9.47 Å². The maximum Gasteiger partial charge on any atom is 0.170 e. The molecule has 0 unspecified atom stereocenters. The van der Waals surface area contributed by atoms with Crippen molar-refractivity contribution in [3.63, 3.8) is 0 Å². The van der Waals surface area contributed by atoms with E-state index in [9.17, 15) is 4.39 Å². The number of ether oxygens (including phenoxy) is 2. The number of anilines is 1. The standard InChI is InChI=1S/C23H20FN5O2/c1-12-5-13(2)25-7-16(12)15-6-20-23(29-11-27-28-22(15)29)26-8-17-18(24)3-4-19-21(17)14(9-30-19)10-31-20/h3-7,11,14,26H,8-10H2,1-2H3/t14-/m1/s1. The Morgan fingerprint density at radius 1 is 1.10 bits per heavy atom. The van der Waals surface area contributed by atoms with Gasteiger partial charge in [0.2, 0.25) is 0 Å². The van der Waals surface area contributed by atoms with E-state index >= 15 is 0 Å². The summed E-state index contributed by atoms with van der Waals surface area (Å²) in [6.07, 6.45) is 3.50. The number of hydrogen-bond donors (Lipinski definition) is 1. The molecule has 6 rings (SSSR count). The Hall–Kier alpha value is -3.68. The molecule has 8 heteroatoms. The van der Waals surface area contributed by atoms with Crippen molar-refractivity contribution in [1.82, 2.24) is 19.6 Å². The van der Waals surface area contributed by atoms with Crippen LogP contribution in [0.2, 0.25) is 0 Å². The van der Waals surface area contributed by atoms with Gasteiger partial charge in [0.25, 0.3) is 0 Å². The van der Waals surface area contributed by atoms with Crippen molar-refractivity contribution in [3.05, 3.63) is 65.0 Å². The van der Waals surface area contributed by atoms with Crippen LogP contribution in [0.3, 0.4) is 0 Å². The Bertz CT molecular complexity index is 1350. The summed E-state index contributed by atoms with van der Waals surface area (Å²) in [5.74, 6) is 1.80. The first kappa shape index (κ1) is 18.1. The van der Waals surface area contributed by atoms with Crippen molar-refractivity contribution < 1.29 is 13.9 Å². The van der Waals surface area contributed by atoms with Crippen molar-refractivity contribution in [2.45, 2.75) is 26.3 Å². The second kappa shape index (κ2) is 6.66. The predicted octanol–water partition coefficient (Wildman–Crippen LogP) is 4.03. The summed E-state index contributed by atoms with van der Waals surface area (Å²) in [7, 11) is 0. The first-order chi connectivity index (χ1) is 15.1. The molecule has 1 aromatic carbocycles.